The van der Waals surface area contributed by atoms with Gasteiger partial charge in [-0.2, -0.15) is 0 Å². The monoisotopic (exact) mass is 283 g/mol. The smallest absolute Gasteiger partial charge is 0.178 e. The molecule has 0 spiro atoms. The molecule has 0 fully saturated rings. The van der Waals surface area contributed by atoms with E-state index in [1.807, 2.05) is 30.3 Å². The molecule has 0 aliphatic carbocycles. The normalized spacial score (nSPS) is 11.2. The van der Waals surface area contributed by atoms with Gasteiger partial charge in [0, 0.05) is 10.7 Å². The molecule has 3 heteroatoms. The number of rotatable bonds is 4. The summed E-state index contributed by atoms with van der Waals surface area (Å²) in [5.41, 5.74) is 8.20. The minimum Gasteiger partial charge on any atom is -0.398 e. The summed E-state index contributed by atoms with van der Waals surface area (Å²) >= 11 is 5.79. The predicted octanol–water partition coefficient (Wildman–Crippen LogP) is 4.22. The molecule has 0 unspecified atom stereocenters. The van der Waals surface area contributed by atoms with E-state index in [0.717, 1.165) is 11.1 Å². The Balaban J connectivity index is 2.02. The fourth-order valence-corrected chi connectivity index (χ4v) is 1.77. The minimum absolute atomic E-state index is 0.0943. The number of ketones is 1. The summed E-state index contributed by atoms with van der Waals surface area (Å²) in [6.45, 7) is 0. The largest absolute Gasteiger partial charge is 0.398 e. The molecule has 0 saturated carbocycles. The Labute approximate surface area is 123 Å². The Kier molecular flexibility index (Phi) is 4.75. The number of nitrogens with two attached hydrogens (primary N) is 1. The second-order valence-corrected chi connectivity index (χ2v) is 4.69. The average molecular weight is 284 g/mol. The van der Waals surface area contributed by atoms with Gasteiger partial charge in [0.2, 0.25) is 0 Å². The molecule has 100 valence electrons. The summed E-state index contributed by atoms with van der Waals surface area (Å²) in [6.07, 6.45) is 6.47. The molecule has 20 heavy (non-hydrogen) atoms. The van der Waals surface area contributed by atoms with Gasteiger partial charge in [0.05, 0.1) is 0 Å². The topological polar surface area (TPSA) is 43.1 Å². The molecule has 0 aromatic heterocycles. The zero-order chi connectivity index (χ0) is 14.4. The van der Waals surface area contributed by atoms with Crippen LogP contribution in [0, 0.1) is 0 Å². The van der Waals surface area contributed by atoms with Crippen molar-refractivity contribution in [3.05, 3.63) is 76.8 Å². The van der Waals surface area contributed by atoms with Crippen LogP contribution >= 0.6 is 11.6 Å². The lowest BCUT2D eigenvalue weighted by molar-refractivity contribution is -0.110. The first-order valence-corrected chi connectivity index (χ1v) is 6.53. The molecule has 0 heterocycles. The summed E-state index contributed by atoms with van der Waals surface area (Å²) in [4.78, 5) is 11.7. The van der Waals surface area contributed by atoms with Crippen LogP contribution in [0.1, 0.15) is 11.1 Å². The number of anilines is 1. The van der Waals surface area contributed by atoms with E-state index in [-0.39, 0.29) is 5.78 Å². The Morgan fingerprint density at radius 2 is 1.60 bits per heavy atom. The van der Waals surface area contributed by atoms with Crippen molar-refractivity contribution in [3.63, 3.8) is 0 Å². The second kappa shape index (κ2) is 6.73. The molecule has 2 nitrogen and oxygen atoms in total. The van der Waals surface area contributed by atoms with Crippen LogP contribution in [0.3, 0.4) is 0 Å². The Morgan fingerprint density at radius 1 is 0.950 bits per heavy atom. The van der Waals surface area contributed by atoms with Gasteiger partial charge in [0.15, 0.2) is 5.78 Å². The zero-order valence-electron chi connectivity index (χ0n) is 10.8. The third-order valence-corrected chi connectivity index (χ3v) is 2.99. The van der Waals surface area contributed by atoms with Gasteiger partial charge >= 0.3 is 0 Å². The molecule has 0 aliphatic heterocycles. The maximum atomic E-state index is 11.7. The molecule has 0 aliphatic rings. The molecule has 0 radical (unpaired) electrons. The number of para-hydroxylation sites is 1. The van der Waals surface area contributed by atoms with Crippen LogP contribution in [0.5, 0.6) is 0 Å². The van der Waals surface area contributed by atoms with Crippen molar-refractivity contribution in [1.29, 1.82) is 0 Å². The van der Waals surface area contributed by atoms with Gasteiger partial charge in [0.1, 0.15) is 0 Å². The van der Waals surface area contributed by atoms with Crippen molar-refractivity contribution in [1.82, 2.24) is 0 Å². The highest BCUT2D eigenvalue weighted by Crippen LogP contribution is 2.13. The van der Waals surface area contributed by atoms with Gasteiger partial charge in [-0.25, -0.2) is 0 Å². The summed E-state index contributed by atoms with van der Waals surface area (Å²) in [5, 5.41) is 0.674. The third kappa shape index (κ3) is 4.11. The molecule has 2 rings (SSSR count). The van der Waals surface area contributed by atoms with E-state index >= 15 is 0 Å². The molecule has 0 atom stereocenters. The molecular weight excluding hydrogens is 270 g/mol. The van der Waals surface area contributed by atoms with Gasteiger partial charge in [-0.05, 0) is 47.6 Å². The van der Waals surface area contributed by atoms with Gasteiger partial charge in [-0.15, -0.1) is 0 Å². The molecule has 0 amide bonds. The van der Waals surface area contributed by atoms with Crippen molar-refractivity contribution in [2.45, 2.75) is 0 Å². The first-order chi connectivity index (χ1) is 9.65. The van der Waals surface area contributed by atoms with E-state index in [1.165, 1.54) is 12.2 Å². The highest BCUT2D eigenvalue weighted by molar-refractivity contribution is 6.30. The maximum Gasteiger partial charge on any atom is 0.178 e. The fraction of sp³-hybridized carbons (Fsp3) is 0. The number of hydrogen-bond donors (Lipinski definition) is 1. The van der Waals surface area contributed by atoms with Crippen LogP contribution in [-0.2, 0) is 4.79 Å². The van der Waals surface area contributed by atoms with Crippen LogP contribution < -0.4 is 5.73 Å². The van der Waals surface area contributed by atoms with Crippen LogP contribution in [0.15, 0.2) is 60.7 Å². The quantitative estimate of drug-likeness (QED) is 0.674. The van der Waals surface area contributed by atoms with Crippen molar-refractivity contribution in [3.8, 4) is 0 Å². The van der Waals surface area contributed by atoms with Crippen LogP contribution in [0.25, 0.3) is 12.2 Å². The SMILES string of the molecule is Nc1ccccc1/C=C/C(=O)/C=C/c1ccc(Cl)cc1. The lowest BCUT2D eigenvalue weighted by Gasteiger charge is -1.97. The first-order valence-electron chi connectivity index (χ1n) is 6.15. The maximum absolute atomic E-state index is 11.7. The molecule has 2 aromatic carbocycles. The van der Waals surface area contributed by atoms with Gasteiger partial charge < -0.3 is 5.73 Å². The van der Waals surface area contributed by atoms with Crippen molar-refractivity contribution >= 4 is 35.2 Å². The van der Waals surface area contributed by atoms with E-state index < -0.39 is 0 Å². The van der Waals surface area contributed by atoms with Crippen molar-refractivity contribution in [2.24, 2.45) is 0 Å². The number of carbonyl (C=O) groups is 1. The molecular formula is C17H14ClNO. The van der Waals surface area contributed by atoms with Crippen molar-refractivity contribution < 1.29 is 4.79 Å². The predicted molar refractivity (Wildman–Crippen MR) is 85.4 cm³/mol. The highest BCUT2D eigenvalue weighted by atomic mass is 35.5. The lowest BCUT2D eigenvalue weighted by atomic mass is 10.1. The Morgan fingerprint density at radius 3 is 2.30 bits per heavy atom. The first kappa shape index (κ1) is 14.1. The van der Waals surface area contributed by atoms with Crippen LogP contribution in [0.4, 0.5) is 5.69 Å². The highest BCUT2D eigenvalue weighted by Gasteiger charge is 1.94. The molecule has 0 bridgehead atoms. The number of carbonyl (C=O) groups excluding carboxylic acids is 1. The second-order valence-electron chi connectivity index (χ2n) is 4.25. The fourth-order valence-electron chi connectivity index (χ4n) is 1.64. The minimum atomic E-state index is -0.0943. The number of halogens is 1. The summed E-state index contributed by atoms with van der Waals surface area (Å²) < 4.78 is 0. The lowest BCUT2D eigenvalue weighted by Crippen LogP contribution is -1.89. The van der Waals surface area contributed by atoms with Crippen LogP contribution in [-0.4, -0.2) is 5.78 Å². The van der Waals surface area contributed by atoms with Crippen molar-refractivity contribution in [2.75, 3.05) is 5.73 Å². The summed E-state index contributed by atoms with van der Waals surface area (Å²) in [5.74, 6) is -0.0943. The van der Waals surface area contributed by atoms with E-state index in [4.69, 9.17) is 17.3 Å². The standard InChI is InChI=1S/C17H14ClNO/c18-15-9-5-13(6-10-15)7-11-16(20)12-8-14-3-1-2-4-17(14)19/h1-12H,19H2/b11-7+,12-8+. The van der Waals surface area contributed by atoms with Gasteiger partial charge in [-0.1, -0.05) is 48.0 Å². The molecule has 2 N–H and O–H groups in total. The number of allylic oxidation sites excluding steroid dienone is 2. The van der Waals surface area contributed by atoms with E-state index in [2.05, 4.69) is 0 Å². The summed E-state index contributed by atoms with van der Waals surface area (Å²) in [7, 11) is 0. The number of nitrogen functional groups attached to an aromatic ring is 1. The van der Waals surface area contributed by atoms with E-state index in [1.54, 1.807) is 30.4 Å². The summed E-state index contributed by atoms with van der Waals surface area (Å²) in [6, 6.07) is 14.7. The third-order valence-electron chi connectivity index (χ3n) is 2.73. The van der Waals surface area contributed by atoms with E-state index in [9.17, 15) is 4.79 Å². The number of hydrogen-bond acceptors (Lipinski definition) is 2. The van der Waals surface area contributed by atoms with Crippen LogP contribution in [0.2, 0.25) is 5.02 Å². The number of benzene rings is 2. The van der Waals surface area contributed by atoms with Gasteiger partial charge in [-0.3, -0.25) is 4.79 Å². The zero-order valence-corrected chi connectivity index (χ0v) is 11.5. The Hall–Kier alpha value is -2.32. The Bertz CT molecular complexity index is 657. The molecule has 2 aromatic rings. The van der Waals surface area contributed by atoms with Gasteiger partial charge in [0.25, 0.3) is 0 Å². The van der Waals surface area contributed by atoms with E-state index in [0.29, 0.717) is 10.7 Å². The molecule has 0 saturated heterocycles. The average Bonchev–Trinajstić information content (AvgIpc) is 2.46.